The number of amides is 3. The van der Waals surface area contributed by atoms with Gasteiger partial charge in [0.25, 0.3) is 0 Å². The van der Waals surface area contributed by atoms with E-state index in [0.717, 1.165) is 11.9 Å². The molecule has 5 rings (SSSR count). The summed E-state index contributed by atoms with van der Waals surface area (Å²) in [6.45, 7) is 1.70. The van der Waals surface area contributed by atoms with E-state index in [1.165, 1.54) is 5.56 Å². The van der Waals surface area contributed by atoms with Crippen LogP contribution in [0.1, 0.15) is 43.2 Å². The van der Waals surface area contributed by atoms with E-state index < -0.39 is 6.04 Å². The van der Waals surface area contributed by atoms with E-state index in [0.29, 0.717) is 44.5 Å². The maximum atomic E-state index is 13.0. The third-order valence-corrected chi connectivity index (χ3v) is 7.15. The minimum atomic E-state index is -0.522. The molecular weight excluding hydrogens is 432 g/mol. The number of hydrogen-bond donors (Lipinski definition) is 2. The second kappa shape index (κ2) is 9.32. The molecule has 3 amide bonds. The van der Waals surface area contributed by atoms with E-state index in [2.05, 4.69) is 27.4 Å². The highest BCUT2D eigenvalue weighted by molar-refractivity contribution is 5.87. The number of imidazole rings is 1. The Morgan fingerprint density at radius 2 is 1.79 bits per heavy atom. The van der Waals surface area contributed by atoms with Crippen LogP contribution in [0.2, 0.25) is 0 Å². The predicted octanol–water partition coefficient (Wildman–Crippen LogP) is 2.48. The molecule has 0 bridgehead atoms. The molecular formula is C25H30N6O3. The molecule has 3 aromatic rings. The zero-order valence-electron chi connectivity index (χ0n) is 19.3. The molecule has 0 spiro atoms. The number of carbonyl (C=O) groups excluding carboxylic acids is 2. The largest absolute Gasteiger partial charge is 0.343 e. The van der Waals surface area contributed by atoms with Gasteiger partial charge < -0.3 is 15.1 Å². The number of H-pyrrole nitrogens is 1. The standard InChI is InChI=1S/C25H30N6O3/c1-29-16-18(17-6-3-2-4-7-17)9-10-20(23(29)32)27-24(33)30-14-11-19(12-15-30)31-21-8-5-13-26-22(21)28-25(31)34/h2-8,13,18-20H,9-12,14-16H2,1H3,(H,27,33)(H,26,28,34)/t18-,20-/m1/s1. The monoisotopic (exact) mass is 462 g/mol. The summed E-state index contributed by atoms with van der Waals surface area (Å²) in [5.74, 6) is 0.219. The molecule has 2 fully saturated rings. The number of benzene rings is 1. The summed E-state index contributed by atoms with van der Waals surface area (Å²) in [5.41, 5.74) is 2.42. The molecule has 0 radical (unpaired) electrons. The molecule has 34 heavy (non-hydrogen) atoms. The van der Waals surface area contributed by atoms with Crippen LogP contribution in [0, 0.1) is 0 Å². The van der Waals surface area contributed by atoms with Crippen molar-refractivity contribution in [2.45, 2.75) is 43.7 Å². The van der Waals surface area contributed by atoms with Crippen molar-refractivity contribution in [1.82, 2.24) is 29.7 Å². The first-order chi connectivity index (χ1) is 16.5. The predicted molar refractivity (Wildman–Crippen MR) is 129 cm³/mol. The van der Waals surface area contributed by atoms with Crippen molar-refractivity contribution in [3.05, 3.63) is 64.7 Å². The van der Waals surface area contributed by atoms with Crippen LogP contribution >= 0.6 is 0 Å². The van der Waals surface area contributed by atoms with Gasteiger partial charge in [0.15, 0.2) is 5.65 Å². The van der Waals surface area contributed by atoms with E-state index in [4.69, 9.17) is 0 Å². The van der Waals surface area contributed by atoms with Crippen molar-refractivity contribution in [3.8, 4) is 0 Å². The Balaban J connectivity index is 1.21. The van der Waals surface area contributed by atoms with Crippen LogP contribution in [-0.2, 0) is 4.79 Å². The Bertz CT molecular complexity index is 1230. The van der Waals surface area contributed by atoms with Gasteiger partial charge >= 0.3 is 11.7 Å². The van der Waals surface area contributed by atoms with Gasteiger partial charge in [0, 0.05) is 44.8 Å². The van der Waals surface area contributed by atoms with Gasteiger partial charge in [0.1, 0.15) is 6.04 Å². The first-order valence-electron chi connectivity index (χ1n) is 11.9. The minimum Gasteiger partial charge on any atom is -0.343 e. The van der Waals surface area contributed by atoms with Gasteiger partial charge in [-0.3, -0.25) is 14.3 Å². The van der Waals surface area contributed by atoms with Gasteiger partial charge in [0.05, 0.1) is 5.52 Å². The second-order valence-electron chi connectivity index (χ2n) is 9.30. The summed E-state index contributed by atoms with van der Waals surface area (Å²) in [6, 6.07) is 13.2. The summed E-state index contributed by atoms with van der Waals surface area (Å²) >= 11 is 0. The first-order valence-corrected chi connectivity index (χ1v) is 11.9. The molecule has 178 valence electrons. The maximum absolute atomic E-state index is 13.0. The van der Waals surface area contributed by atoms with Crippen LogP contribution in [0.3, 0.4) is 0 Å². The van der Waals surface area contributed by atoms with Crippen molar-refractivity contribution >= 4 is 23.1 Å². The SMILES string of the molecule is CN1C[C@H](c2ccccc2)CC[C@@H](NC(=O)N2CCC(n3c(=O)[nH]c4ncccc43)CC2)C1=O. The number of hydrogen-bond acceptors (Lipinski definition) is 4. The lowest BCUT2D eigenvalue weighted by atomic mass is 9.94. The lowest BCUT2D eigenvalue weighted by Crippen LogP contribution is -2.52. The van der Waals surface area contributed by atoms with Crippen molar-refractivity contribution in [1.29, 1.82) is 0 Å². The number of aromatic nitrogens is 3. The van der Waals surface area contributed by atoms with Crippen LogP contribution in [0.15, 0.2) is 53.5 Å². The van der Waals surface area contributed by atoms with Gasteiger partial charge in [0.2, 0.25) is 5.91 Å². The van der Waals surface area contributed by atoms with E-state index in [1.807, 2.05) is 37.4 Å². The highest BCUT2D eigenvalue weighted by Gasteiger charge is 2.33. The lowest BCUT2D eigenvalue weighted by Gasteiger charge is -2.33. The van der Waals surface area contributed by atoms with Crippen LogP contribution in [0.5, 0.6) is 0 Å². The van der Waals surface area contributed by atoms with E-state index in [9.17, 15) is 14.4 Å². The van der Waals surface area contributed by atoms with Crippen molar-refractivity contribution in [2.75, 3.05) is 26.7 Å². The van der Waals surface area contributed by atoms with Gasteiger partial charge in [-0.1, -0.05) is 30.3 Å². The zero-order valence-corrected chi connectivity index (χ0v) is 19.3. The van der Waals surface area contributed by atoms with Crippen LogP contribution in [-0.4, -0.2) is 69.0 Å². The second-order valence-corrected chi connectivity index (χ2v) is 9.30. The summed E-state index contributed by atoms with van der Waals surface area (Å²) in [4.78, 5) is 49.0. The third kappa shape index (κ3) is 4.30. The summed E-state index contributed by atoms with van der Waals surface area (Å²) < 4.78 is 1.76. The molecule has 2 aromatic heterocycles. The molecule has 9 nitrogen and oxygen atoms in total. The summed E-state index contributed by atoms with van der Waals surface area (Å²) in [6.07, 6.45) is 4.45. The van der Waals surface area contributed by atoms with Gasteiger partial charge in [-0.15, -0.1) is 0 Å². The van der Waals surface area contributed by atoms with Crippen molar-refractivity contribution in [2.24, 2.45) is 0 Å². The number of pyridine rings is 1. The normalized spacial score (nSPS) is 22.1. The third-order valence-electron chi connectivity index (χ3n) is 7.15. The molecule has 0 aliphatic carbocycles. The number of rotatable bonds is 3. The Morgan fingerprint density at radius 1 is 1.03 bits per heavy atom. The maximum Gasteiger partial charge on any atom is 0.327 e. The Morgan fingerprint density at radius 3 is 2.56 bits per heavy atom. The number of aromatic amines is 1. The fourth-order valence-electron chi connectivity index (χ4n) is 5.29. The fraction of sp³-hybridized carbons (Fsp3) is 0.440. The van der Waals surface area contributed by atoms with Crippen LogP contribution < -0.4 is 11.0 Å². The van der Waals surface area contributed by atoms with Crippen LogP contribution in [0.25, 0.3) is 11.2 Å². The summed E-state index contributed by atoms with van der Waals surface area (Å²) in [7, 11) is 1.81. The Kier molecular flexibility index (Phi) is 6.08. The molecule has 1 aromatic carbocycles. The molecule has 2 saturated heterocycles. The number of carbonyl (C=O) groups is 2. The van der Waals surface area contributed by atoms with Crippen molar-refractivity contribution < 1.29 is 9.59 Å². The minimum absolute atomic E-state index is 0.00627. The highest BCUT2D eigenvalue weighted by Crippen LogP contribution is 2.27. The Hall–Kier alpha value is -3.62. The molecule has 9 heteroatoms. The molecule has 0 saturated carbocycles. The molecule has 2 aliphatic rings. The van der Waals surface area contributed by atoms with Gasteiger partial charge in [-0.2, -0.15) is 0 Å². The number of nitrogens with zero attached hydrogens (tertiary/aromatic N) is 4. The topological polar surface area (TPSA) is 103 Å². The molecule has 4 heterocycles. The zero-order chi connectivity index (χ0) is 23.7. The average molecular weight is 463 g/mol. The Labute approximate surface area is 197 Å². The van der Waals surface area contributed by atoms with Gasteiger partial charge in [-0.05, 0) is 43.4 Å². The number of nitrogens with one attached hydrogen (secondary N) is 2. The molecule has 0 unspecified atom stereocenters. The average Bonchev–Trinajstić information content (AvgIpc) is 3.13. The number of likely N-dealkylation sites (N-methyl/N-ethyl adjacent to an activating group) is 1. The number of fused-ring (bicyclic) bond motifs is 1. The fourth-order valence-corrected chi connectivity index (χ4v) is 5.29. The van der Waals surface area contributed by atoms with E-state index in [1.54, 1.807) is 20.6 Å². The number of piperidine rings is 1. The lowest BCUT2D eigenvalue weighted by molar-refractivity contribution is -0.131. The van der Waals surface area contributed by atoms with Crippen LogP contribution in [0.4, 0.5) is 4.79 Å². The van der Waals surface area contributed by atoms with E-state index >= 15 is 0 Å². The summed E-state index contributed by atoms with van der Waals surface area (Å²) in [5, 5.41) is 2.98. The quantitative estimate of drug-likeness (QED) is 0.624. The molecule has 2 atom stereocenters. The smallest absolute Gasteiger partial charge is 0.327 e. The first kappa shape index (κ1) is 22.2. The number of likely N-dealkylation sites (tertiary alicyclic amines) is 2. The van der Waals surface area contributed by atoms with Gasteiger partial charge in [-0.25, -0.2) is 14.6 Å². The highest BCUT2D eigenvalue weighted by atomic mass is 16.2. The van der Waals surface area contributed by atoms with E-state index in [-0.39, 0.29) is 29.6 Å². The molecule has 2 aliphatic heterocycles. The van der Waals surface area contributed by atoms with Crippen molar-refractivity contribution in [3.63, 3.8) is 0 Å². The molecule has 2 N–H and O–H groups in total. The number of urea groups is 1.